The van der Waals surface area contributed by atoms with Crippen molar-refractivity contribution >= 4 is 17.7 Å². The Morgan fingerprint density at radius 1 is 1.32 bits per heavy atom. The molecule has 1 amide bonds. The van der Waals surface area contributed by atoms with Gasteiger partial charge in [0.2, 0.25) is 11.1 Å². The van der Waals surface area contributed by atoms with E-state index in [2.05, 4.69) is 22.4 Å². The van der Waals surface area contributed by atoms with Crippen molar-refractivity contribution in [1.82, 2.24) is 25.1 Å². The molecule has 1 atom stereocenters. The molecule has 6 nitrogen and oxygen atoms in total. The summed E-state index contributed by atoms with van der Waals surface area (Å²) in [7, 11) is 0. The molecule has 1 fully saturated rings. The summed E-state index contributed by atoms with van der Waals surface area (Å²) in [5, 5.41) is 12.4. The molecule has 0 bridgehead atoms. The molecule has 0 aliphatic carbocycles. The first-order valence-electron chi connectivity index (χ1n) is 7.52. The molecule has 1 aromatic carbocycles. The van der Waals surface area contributed by atoms with Crippen LogP contribution in [-0.2, 0) is 4.79 Å². The molecule has 2 heterocycles. The fraction of sp³-hybridized carbons (Fsp3) is 0.467. The minimum absolute atomic E-state index is 0.166. The SMILES string of the molecule is CC1CCCCN1C(=O)CSc1nnnn1-c1ccccc1. The normalized spacial score (nSPS) is 18.4. The van der Waals surface area contributed by atoms with Gasteiger partial charge < -0.3 is 4.90 Å². The standard InChI is InChI=1S/C15H19N5OS/c1-12-7-5-6-10-19(12)14(21)11-22-15-16-17-18-20(15)13-8-3-2-4-9-13/h2-4,8-9,12H,5-7,10-11H2,1H3. The van der Waals surface area contributed by atoms with Crippen molar-refractivity contribution in [3.05, 3.63) is 30.3 Å². The lowest BCUT2D eigenvalue weighted by Gasteiger charge is -2.33. The van der Waals surface area contributed by atoms with Gasteiger partial charge in [0.15, 0.2) is 0 Å². The molecule has 3 rings (SSSR count). The third-order valence-corrected chi connectivity index (χ3v) is 4.79. The Morgan fingerprint density at radius 3 is 2.91 bits per heavy atom. The first kappa shape index (κ1) is 15.0. The number of carbonyl (C=O) groups is 1. The zero-order chi connectivity index (χ0) is 15.4. The van der Waals surface area contributed by atoms with Gasteiger partial charge in [-0.3, -0.25) is 4.79 Å². The topological polar surface area (TPSA) is 63.9 Å². The Bertz CT molecular complexity index is 630. The lowest BCUT2D eigenvalue weighted by molar-refractivity contribution is -0.131. The van der Waals surface area contributed by atoms with Crippen LogP contribution in [0.2, 0.25) is 0 Å². The summed E-state index contributed by atoms with van der Waals surface area (Å²) in [6, 6.07) is 10.0. The number of rotatable bonds is 4. The average Bonchev–Trinajstić information content (AvgIpc) is 3.02. The van der Waals surface area contributed by atoms with Crippen LogP contribution in [-0.4, -0.2) is 49.4 Å². The van der Waals surface area contributed by atoms with Crippen LogP contribution in [0.5, 0.6) is 0 Å². The molecule has 2 aromatic rings. The van der Waals surface area contributed by atoms with Gasteiger partial charge in [0, 0.05) is 12.6 Å². The Labute approximate surface area is 133 Å². The van der Waals surface area contributed by atoms with E-state index < -0.39 is 0 Å². The summed E-state index contributed by atoms with van der Waals surface area (Å²) in [6.07, 6.45) is 3.41. The van der Waals surface area contributed by atoms with Gasteiger partial charge in [-0.1, -0.05) is 30.0 Å². The summed E-state index contributed by atoms with van der Waals surface area (Å²) in [6.45, 7) is 2.99. The average molecular weight is 317 g/mol. The largest absolute Gasteiger partial charge is 0.339 e. The fourth-order valence-corrected chi connectivity index (χ4v) is 3.45. The van der Waals surface area contributed by atoms with Gasteiger partial charge in [-0.15, -0.1) is 5.10 Å². The van der Waals surface area contributed by atoms with Crippen molar-refractivity contribution in [3.63, 3.8) is 0 Å². The van der Waals surface area contributed by atoms with Crippen LogP contribution in [0.3, 0.4) is 0 Å². The maximum Gasteiger partial charge on any atom is 0.233 e. The van der Waals surface area contributed by atoms with E-state index in [0.717, 1.165) is 25.1 Å². The molecule has 1 aliphatic rings. The number of aromatic nitrogens is 4. The number of tetrazole rings is 1. The van der Waals surface area contributed by atoms with Crippen molar-refractivity contribution in [3.8, 4) is 5.69 Å². The van der Waals surface area contributed by atoms with Crippen LogP contribution in [0.1, 0.15) is 26.2 Å². The minimum Gasteiger partial charge on any atom is -0.339 e. The van der Waals surface area contributed by atoms with Crippen molar-refractivity contribution in [2.45, 2.75) is 37.4 Å². The predicted molar refractivity (Wildman–Crippen MR) is 84.9 cm³/mol. The summed E-state index contributed by atoms with van der Waals surface area (Å²) < 4.78 is 1.66. The molecule has 7 heteroatoms. The van der Waals surface area contributed by atoms with Crippen molar-refractivity contribution in [2.75, 3.05) is 12.3 Å². The van der Waals surface area contributed by atoms with Crippen LogP contribution < -0.4 is 0 Å². The Kier molecular flexibility index (Phi) is 4.72. The quantitative estimate of drug-likeness (QED) is 0.809. The summed E-state index contributed by atoms with van der Waals surface area (Å²) in [4.78, 5) is 14.4. The van der Waals surface area contributed by atoms with Gasteiger partial charge >= 0.3 is 0 Å². The third kappa shape index (κ3) is 3.30. The van der Waals surface area contributed by atoms with Crippen molar-refractivity contribution in [2.24, 2.45) is 0 Å². The Hall–Kier alpha value is -1.89. The minimum atomic E-state index is 0.166. The van der Waals surface area contributed by atoms with E-state index >= 15 is 0 Å². The summed E-state index contributed by atoms with van der Waals surface area (Å²) in [5.74, 6) is 0.539. The van der Waals surface area contributed by atoms with Crippen LogP contribution in [0.25, 0.3) is 5.69 Å². The molecular formula is C15H19N5OS. The lowest BCUT2D eigenvalue weighted by atomic mass is 10.0. The number of piperidine rings is 1. The van der Waals surface area contributed by atoms with Crippen LogP contribution >= 0.6 is 11.8 Å². The number of benzene rings is 1. The first-order valence-corrected chi connectivity index (χ1v) is 8.50. The van der Waals surface area contributed by atoms with Gasteiger partial charge in [-0.2, -0.15) is 4.68 Å². The third-order valence-electron chi connectivity index (χ3n) is 3.89. The summed E-state index contributed by atoms with van der Waals surface area (Å²) >= 11 is 1.39. The molecule has 0 saturated carbocycles. The van der Waals surface area contributed by atoms with Gasteiger partial charge in [-0.25, -0.2) is 0 Å². The molecule has 1 unspecified atom stereocenters. The van der Waals surface area contributed by atoms with E-state index in [9.17, 15) is 4.79 Å². The predicted octanol–water partition coefficient (Wildman–Crippen LogP) is 2.16. The molecule has 1 aromatic heterocycles. The van der Waals surface area contributed by atoms with E-state index in [4.69, 9.17) is 0 Å². The maximum absolute atomic E-state index is 12.4. The Balaban J connectivity index is 1.65. The molecule has 1 saturated heterocycles. The lowest BCUT2D eigenvalue weighted by Crippen LogP contribution is -2.42. The second kappa shape index (κ2) is 6.91. The van der Waals surface area contributed by atoms with Gasteiger partial charge in [0.1, 0.15) is 0 Å². The molecule has 22 heavy (non-hydrogen) atoms. The molecule has 0 radical (unpaired) electrons. The highest BCUT2D eigenvalue weighted by molar-refractivity contribution is 7.99. The van der Waals surface area contributed by atoms with E-state index in [1.807, 2.05) is 35.2 Å². The zero-order valence-corrected chi connectivity index (χ0v) is 13.4. The second-order valence-electron chi connectivity index (χ2n) is 5.43. The van der Waals surface area contributed by atoms with Crippen LogP contribution in [0, 0.1) is 0 Å². The number of thioether (sulfide) groups is 1. The number of likely N-dealkylation sites (tertiary alicyclic amines) is 1. The fourth-order valence-electron chi connectivity index (χ4n) is 2.68. The van der Waals surface area contributed by atoms with Crippen molar-refractivity contribution in [1.29, 1.82) is 0 Å². The molecule has 1 aliphatic heterocycles. The first-order chi connectivity index (χ1) is 10.8. The molecule has 116 valence electrons. The van der Waals surface area contributed by atoms with Gasteiger partial charge in [-0.05, 0) is 48.7 Å². The van der Waals surface area contributed by atoms with Gasteiger partial charge in [0.05, 0.1) is 11.4 Å². The number of amides is 1. The number of nitrogens with zero attached hydrogens (tertiary/aromatic N) is 5. The van der Waals surface area contributed by atoms with Crippen LogP contribution in [0.4, 0.5) is 0 Å². The second-order valence-corrected chi connectivity index (χ2v) is 6.37. The number of hydrogen-bond donors (Lipinski definition) is 0. The van der Waals surface area contributed by atoms with Gasteiger partial charge in [0.25, 0.3) is 0 Å². The van der Waals surface area contributed by atoms with E-state index in [0.29, 0.717) is 17.0 Å². The molecular weight excluding hydrogens is 298 g/mol. The number of hydrogen-bond acceptors (Lipinski definition) is 5. The number of para-hydroxylation sites is 1. The zero-order valence-electron chi connectivity index (χ0n) is 12.6. The Morgan fingerprint density at radius 2 is 2.14 bits per heavy atom. The molecule has 0 N–H and O–H groups in total. The highest BCUT2D eigenvalue weighted by atomic mass is 32.2. The maximum atomic E-state index is 12.4. The monoisotopic (exact) mass is 317 g/mol. The van der Waals surface area contributed by atoms with E-state index in [1.165, 1.54) is 18.2 Å². The summed E-state index contributed by atoms with van der Waals surface area (Å²) in [5.41, 5.74) is 0.897. The molecule has 0 spiro atoms. The highest BCUT2D eigenvalue weighted by Gasteiger charge is 2.23. The van der Waals surface area contributed by atoms with E-state index in [1.54, 1.807) is 4.68 Å². The smallest absolute Gasteiger partial charge is 0.233 e. The van der Waals surface area contributed by atoms with Crippen molar-refractivity contribution < 1.29 is 4.79 Å². The number of carbonyl (C=O) groups excluding carboxylic acids is 1. The highest BCUT2D eigenvalue weighted by Crippen LogP contribution is 2.21. The van der Waals surface area contributed by atoms with Crippen LogP contribution in [0.15, 0.2) is 35.5 Å². The van der Waals surface area contributed by atoms with E-state index in [-0.39, 0.29) is 5.91 Å².